The van der Waals surface area contributed by atoms with Gasteiger partial charge in [-0.3, -0.25) is 4.90 Å². The fourth-order valence-corrected chi connectivity index (χ4v) is 2.84. The maximum Gasteiger partial charge on any atom is 0.355 e. The molecule has 17 heavy (non-hydrogen) atoms. The Morgan fingerprint density at radius 3 is 2.71 bits per heavy atom. The predicted molar refractivity (Wildman–Crippen MR) is 68.0 cm³/mol. The van der Waals surface area contributed by atoms with Crippen LogP contribution in [0.15, 0.2) is 5.38 Å². The Balaban J connectivity index is 1.93. The van der Waals surface area contributed by atoms with Crippen LogP contribution >= 0.6 is 11.3 Å². The number of aromatic carboxylic acids is 1. The van der Waals surface area contributed by atoms with E-state index in [1.807, 2.05) is 0 Å². The zero-order valence-corrected chi connectivity index (χ0v) is 10.7. The molecule has 1 aromatic rings. The molecular formula is C11H17N3O2S. The van der Waals surface area contributed by atoms with Gasteiger partial charge >= 0.3 is 5.97 Å². The summed E-state index contributed by atoms with van der Waals surface area (Å²) in [5.41, 5.74) is 0.154. The minimum absolute atomic E-state index is 0.154. The van der Waals surface area contributed by atoms with Crippen molar-refractivity contribution in [1.29, 1.82) is 0 Å². The van der Waals surface area contributed by atoms with E-state index in [-0.39, 0.29) is 5.69 Å². The largest absolute Gasteiger partial charge is 0.476 e. The van der Waals surface area contributed by atoms with Crippen molar-refractivity contribution in [3.63, 3.8) is 0 Å². The molecule has 0 aromatic carbocycles. The summed E-state index contributed by atoms with van der Waals surface area (Å²) in [4.78, 5) is 19.5. The normalized spacial score (nSPS) is 17.4. The van der Waals surface area contributed by atoms with Gasteiger partial charge in [0.25, 0.3) is 0 Å². The van der Waals surface area contributed by atoms with E-state index in [9.17, 15) is 4.79 Å². The van der Waals surface area contributed by atoms with Crippen LogP contribution in [0.5, 0.6) is 0 Å². The third kappa shape index (κ3) is 2.95. The van der Waals surface area contributed by atoms with E-state index in [0.29, 0.717) is 0 Å². The number of hydrogen-bond acceptors (Lipinski definition) is 5. The molecule has 2 heterocycles. The van der Waals surface area contributed by atoms with Gasteiger partial charge in [-0.15, -0.1) is 11.3 Å². The Morgan fingerprint density at radius 2 is 2.18 bits per heavy atom. The lowest BCUT2D eigenvalue weighted by atomic mass is 10.3. The van der Waals surface area contributed by atoms with Crippen LogP contribution in [-0.2, 0) is 0 Å². The summed E-state index contributed by atoms with van der Waals surface area (Å²) in [5.74, 6) is -0.947. The van der Waals surface area contributed by atoms with Gasteiger partial charge in [0.05, 0.1) is 0 Å². The lowest BCUT2D eigenvalue weighted by Crippen LogP contribution is -2.46. The fraction of sp³-hybridized carbons (Fsp3) is 0.636. The second-order valence-electron chi connectivity index (χ2n) is 4.15. The highest BCUT2D eigenvalue weighted by Crippen LogP contribution is 2.21. The van der Waals surface area contributed by atoms with Gasteiger partial charge in [-0.2, -0.15) is 0 Å². The van der Waals surface area contributed by atoms with Crippen LogP contribution < -0.4 is 4.90 Å². The molecule has 1 fully saturated rings. The Hall–Kier alpha value is -1.14. The van der Waals surface area contributed by atoms with Crippen molar-refractivity contribution in [3.05, 3.63) is 11.1 Å². The summed E-state index contributed by atoms with van der Waals surface area (Å²) >= 11 is 1.41. The summed E-state index contributed by atoms with van der Waals surface area (Å²) in [5, 5.41) is 11.3. The fourth-order valence-electron chi connectivity index (χ4n) is 1.99. The molecule has 6 heteroatoms. The van der Waals surface area contributed by atoms with Crippen molar-refractivity contribution in [1.82, 2.24) is 9.88 Å². The van der Waals surface area contributed by atoms with E-state index in [2.05, 4.69) is 21.7 Å². The second-order valence-corrected chi connectivity index (χ2v) is 4.99. The summed E-state index contributed by atoms with van der Waals surface area (Å²) in [7, 11) is 0. The first-order valence-electron chi connectivity index (χ1n) is 5.87. The number of carboxylic acids is 1. The molecule has 0 bridgehead atoms. The topological polar surface area (TPSA) is 56.7 Å². The molecule has 1 aliphatic heterocycles. The van der Waals surface area contributed by atoms with Crippen LogP contribution in [0.2, 0.25) is 0 Å². The van der Waals surface area contributed by atoms with E-state index in [1.165, 1.54) is 17.8 Å². The molecule has 0 atom stereocenters. The third-order valence-corrected chi connectivity index (χ3v) is 3.80. The quantitative estimate of drug-likeness (QED) is 0.880. The first-order chi connectivity index (χ1) is 8.20. The maximum absolute atomic E-state index is 10.8. The SMILES string of the molecule is CCCN1CCN(c2nc(C(=O)O)cs2)CC1. The summed E-state index contributed by atoms with van der Waals surface area (Å²) in [6.45, 7) is 7.28. The summed E-state index contributed by atoms with van der Waals surface area (Å²) in [6.07, 6.45) is 1.18. The van der Waals surface area contributed by atoms with E-state index in [1.54, 1.807) is 5.38 Å². The molecule has 5 nitrogen and oxygen atoms in total. The highest BCUT2D eigenvalue weighted by molar-refractivity contribution is 7.13. The van der Waals surface area contributed by atoms with Crippen LogP contribution in [0, 0.1) is 0 Å². The molecule has 0 saturated carbocycles. The van der Waals surface area contributed by atoms with Gasteiger partial charge in [0.15, 0.2) is 10.8 Å². The number of hydrogen-bond donors (Lipinski definition) is 1. The van der Waals surface area contributed by atoms with Gasteiger partial charge < -0.3 is 10.0 Å². The number of piperazine rings is 1. The van der Waals surface area contributed by atoms with Crippen molar-refractivity contribution in [2.24, 2.45) is 0 Å². The highest BCUT2D eigenvalue weighted by atomic mass is 32.1. The number of thiazole rings is 1. The van der Waals surface area contributed by atoms with Crippen molar-refractivity contribution >= 4 is 22.4 Å². The maximum atomic E-state index is 10.8. The van der Waals surface area contributed by atoms with Crippen molar-refractivity contribution < 1.29 is 9.90 Å². The van der Waals surface area contributed by atoms with Crippen LogP contribution in [-0.4, -0.2) is 53.7 Å². The van der Waals surface area contributed by atoms with Crippen LogP contribution in [0.4, 0.5) is 5.13 Å². The Labute approximate surface area is 105 Å². The molecule has 1 aliphatic rings. The average molecular weight is 255 g/mol. The molecule has 0 radical (unpaired) electrons. The van der Waals surface area contributed by atoms with Gasteiger partial charge in [-0.25, -0.2) is 9.78 Å². The van der Waals surface area contributed by atoms with Gasteiger partial charge in [0.2, 0.25) is 0 Å². The third-order valence-electron chi connectivity index (χ3n) is 2.89. The molecular weight excluding hydrogens is 238 g/mol. The summed E-state index contributed by atoms with van der Waals surface area (Å²) < 4.78 is 0. The Morgan fingerprint density at radius 1 is 1.47 bits per heavy atom. The molecule has 1 N–H and O–H groups in total. The number of carboxylic acid groups (broad SMARTS) is 1. The van der Waals surface area contributed by atoms with E-state index in [4.69, 9.17) is 5.11 Å². The number of nitrogens with zero attached hydrogens (tertiary/aromatic N) is 3. The molecule has 0 amide bonds. The second kappa shape index (κ2) is 5.46. The molecule has 0 spiro atoms. The van der Waals surface area contributed by atoms with E-state index in [0.717, 1.165) is 37.9 Å². The van der Waals surface area contributed by atoms with E-state index >= 15 is 0 Å². The molecule has 94 valence electrons. The molecule has 1 saturated heterocycles. The van der Waals surface area contributed by atoms with Gasteiger partial charge in [-0.1, -0.05) is 6.92 Å². The predicted octanol–water partition coefficient (Wildman–Crippen LogP) is 1.37. The van der Waals surface area contributed by atoms with Gasteiger partial charge in [0.1, 0.15) is 0 Å². The smallest absolute Gasteiger partial charge is 0.355 e. The number of anilines is 1. The highest BCUT2D eigenvalue weighted by Gasteiger charge is 2.19. The average Bonchev–Trinajstić information content (AvgIpc) is 2.80. The molecule has 1 aromatic heterocycles. The lowest BCUT2D eigenvalue weighted by molar-refractivity contribution is 0.0691. The Bertz CT molecular complexity index is 386. The van der Waals surface area contributed by atoms with Crippen LogP contribution in [0.1, 0.15) is 23.8 Å². The van der Waals surface area contributed by atoms with Gasteiger partial charge in [-0.05, 0) is 13.0 Å². The first kappa shape index (κ1) is 12.3. The lowest BCUT2D eigenvalue weighted by Gasteiger charge is -2.34. The van der Waals surface area contributed by atoms with Crippen molar-refractivity contribution in [2.45, 2.75) is 13.3 Å². The molecule has 0 unspecified atom stereocenters. The van der Waals surface area contributed by atoms with Crippen LogP contribution in [0.25, 0.3) is 0 Å². The monoisotopic (exact) mass is 255 g/mol. The van der Waals surface area contributed by atoms with Crippen molar-refractivity contribution in [3.8, 4) is 0 Å². The number of aromatic nitrogens is 1. The van der Waals surface area contributed by atoms with E-state index < -0.39 is 5.97 Å². The molecule has 0 aliphatic carbocycles. The molecule has 2 rings (SSSR count). The number of carbonyl (C=O) groups is 1. The standard InChI is InChI=1S/C11H17N3O2S/c1-2-3-13-4-6-14(7-5-13)11-12-9(8-17-11)10(15)16/h8H,2-7H2,1H3,(H,15,16). The minimum atomic E-state index is -0.947. The zero-order chi connectivity index (χ0) is 12.3. The van der Waals surface area contributed by atoms with Crippen molar-refractivity contribution in [2.75, 3.05) is 37.6 Å². The first-order valence-corrected chi connectivity index (χ1v) is 6.74. The minimum Gasteiger partial charge on any atom is -0.476 e. The zero-order valence-electron chi connectivity index (χ0n) is 9.93. The van der Waals surface area contributed by atoms with Crippen LogP contribution in [0.3, 0.4) is 0 Å². The van der Waals surface area contributed by atoms with Gasteiger partial charge in [0, 0.05) is 31.6 Å². The number of rotatable bonds is 4. The summed E-state index contributed by atoms with van der Waals surface area (Å²) in [6, 6.07) is 0. The Kier molecular flexibility index (Phi) is 3.96.